The van der Waals surface area contributed by atoms with Gasteiger partial charge in [-0.25, -0.2) is 20.4 Å². The zero-order valence-electron chi connectivity index (χ0n) is 16.9. The van der Waals surface area contributed by atoms with Gasteiger partial charge in [0.05, 0.1) is 12.8 Å². The number of rotatable bonds is 8. The first-order chi connectivity index (χ1) is 15.5. The van der Waals surface area contributed by atoms with Crippen molar-refractivity contribution in [1.82, 2.24) is 19.5 Å². The Labute approximate surface area is 182 Å². The third kappa shape index (κ3) is 4.11. The van der Waals surface area contributed by atoms with Crippen molar-refractivity contribution in [3.05, 3.63) is 48.8 Å². The lowest BCUT2D eigenvalue weighted by atomic mass is 10.1. The Morgan fingerprint density at radius 3 is 2.72 bits per heavy atom. The van der Waals surface area contributed by atoms with Crippen LogP contribution in [0.3, 0.4) is 0 Å². The quantitative estimate of drug-likeness (QED) is 0.182. The Balaban J connectivity index is 1.61. The van der Waals surface area contributed by atoms with Gasteiger partial charge in [0.1, 0.15) is 37.0 Å². The van der Waals surface area contributed by atoms with E-state index in [-0.39, 0.29) is 22.9 Å². The number of nitrogens with one attached hydrogen (secondary N) is 1. The zero-order valence-corrected chi connectivity index (χ0v) is 16.9. The van der Waals surface area contributed by atoms with Gasteiger partial charge in [-0.1, -0.05) is 12.7 Å². The van der Waals surface area contributed by atoms with Crippen molar-refractivity contribution >= 4 is 29.1 Å². The zero-order chi connectivity index (χ0) is 22.7. The van der Waals surface area contributed by atoms with Crippen LogP contribution < -0.4 is 15.9 Å². The molecular formula is C20H23N7O5. The molecule has 1 aromatic carbocycles. The Bertz CT molecular complexity index is 1120. The van der Waals surface area contributed by atoms with Crippen LogP contribution in [0.15, 0.2) is 48.3 Å². The topological polar surface area (TPSA) is 173 Å². The monoisotopic (exact) mass is 441 g/mol. The summed E-state index contributed by atoms with van der Waals surface area (Å²) in [6, 6.07) is 7.25. The number of ether oxygens (including phenoxy) is 2. The minimum Gasteiger partial charge on any atom is -0.490 e. The number of aliphatic hydroxyl groups is 3. The molecule has 0 aliphatic carbocycles. The summed E-state index contributed by atoms with van der Waals surface area (Å²) < 4.78 is 12.5. The molecule has 0 radical (unpaired) electrons. The third-order valence-electron chi connectivity index (χ3n) is 4.90. The number of anilines is 2. The number of fused-ring (bicyclic) bond motifs is 1. The maximum Gasteiger partial charge on any atom is 0.228 e. The molecule has 168 valence electrons. The molecule has 1 aliphatic rings. The molecule has 12 heteroatoms. The minimum atomic E-state index is -1.34. The predicted octanol–water partition coefficient (Wildman–Crippen LogP) is 0.0308. The smallest absolute Gasteiger partial charge is 0.228 e. The number of hydrazone groups is 1. The van der Waals surface area contributed by atoms with E-state index in [1.165, 1.54) is 10.9 Å². The largest absolute Gasteiger partial charge is 0.490 e. The van der Waals surface area contributed by atoms with Gasteiger partial charge in [-0.3, -0.25) is 4.57 Å². The molecule has 4 atom stereocenters. The number of nitrogens with zero attached hydrogens (tertiary/aromatic N) is 5. The highest BCUT2D eigenvalue weighted by molar-refractivity contribution is 5.84. The Morgan fingerprint density at radius 2 is 2.03 bits per heavy atom. The fourth-order valence-electron chi connectivity index (χ4n) is 3.31. The number of imidazole rings is 1. The molecule has 0 spiro atoms. The standard InChI is InChI=1S/C20H23N7O5/c1-2-7-31-12-5-3-11(4-6-12)8-24-26-20-25-14-17(21)22-10-23-18(14)27(20)19-16(30)15(29)13(9-28)32-19/h2-6,8,10,13,15-16,19,28-30H,1,7,9H2,(H,25,26)(H2,21,22,23)/b24-8-/t13-,15+,16+,19+/m0/s1. The SMILES string of the molecule is C=CCOc1ccc(/C=N\Nc2nc3c(N)ncnc3n2[C@@H]2O[C@@H](CO)[C@@H](O)[C@H]2O)cc1. The van der Waals surface area contributed by atoms with Crippen molar-refractivity contribution in [2.45, 2.75) is 24.5 Å². The first-order valence-corrected chi connectivity index (χ1v) is 9.77. The molecule has 0 unspecified atom stereocenters. The van der Waals surface area contributed by atoms with Gasteiger partial charge >= 0.3 is 0 Å². The molecule has 0 amide bonds. The number of nitrogens with two attached hydrogens (primary N) is 1. The Morgan fingerprint density at radius 1 is 1.25 bits per heavy atom. The summed E-state index contributed by atoms with van der Waals surface area (Å²) >= 11 is 0. The van der Waals surface area contributed by atoms with E-state index in [1.807, 2.05) is 12.1 Å². The Kier molecular flexibility index (Phi) is 6.28. The number of nitrogen functional groups attached to an aromatic ring is 1. The van der Waals surface area contributed by atoms with E-state index in [1.54, 1.807) is 24.4 Å². The van der Waals surface area contributed by atoms with Crippen LogP contribution in [0.2, 0.25) is 0 Å². The minimum absolute atomic E-state index is 0.127. The predicted molar refractivity (Wildman–Crippen MR) is 116 cm³/mol. The van der Waals surface area contributed by atoms with Crippen LogP contribution in [0.5, 0.6) is 5.75 Å². The molecule has 0 bridgehead atoms. The highest BCUT2D eigenvalue weighted by atomic mass is 16.6. The van der Waals surface area contributed by atoms with E-state index in [0.717, 1.165) is 5.56 Å². The summed E-state index contributed by atoms with van der Waals surface area (Å²) in [6.45, 7) is 3.56. The van der Waals surface area contributed by atoms with E-state index in [4.69, 9.17) is 15.2 Å². The lowest BCUT2D eigenvalue weighted by Gasteiger charge is -2.18. The second-order valence-electron chi connectivity index (χ2n) is 7.00. The van der Waals surface area contributed by atoms with E-state index < -0.39 is 31.1 Å². The molecule has 1 fully saturated rings. The molecule has 4 rings (SSSR count). The maximum atomic E-state index is 10.5. The van der Waals surface area contributed by atoms with Crippen LogP contribution in [0, 0.1) is 0 Å². The van der Waals surface area contributed by atoms with E-state index in [9.17, 15) is 15.3 Å². The van der Waals surface area contributed by atoms with Gasteiger partial charge < -0.3 is 30.5 Å². The highest BCUT2D eigenvalue weighted by Crippen LogP contribution is 2.35. The van der Waals surface area contributed by atoms with Crippen molar-refractivity contribution in [3.8, 4) is 5.75 Å². The van der Waals surface area contributed by atoms with Crippen LogP contribution in [0.25, 0.3) is 11.2 Å². The van der Waals surface area contributed by atoms with Crippen molar-refractivity contribution in [2.75, 3.05) is 24.4 Å². The van der Waals surface area contributed by atoms with Crippen molar-refractivity contribution < 1.29 is 24.8 Å². The third-order valence-corrected chi connectivity index (χ3v) is 4.90. The number of hydrogen-bond donors (Lipinski definition) is 5. The van der Waals surface area contributed by atoms with E-state index in [2.05, 4.69) is 32.1 Å². The number of aliphatic hydroxyl groups excluding tert-OH is 3. The van der Waals surface area contributed by atoms with Gasteiger partial charge in [0, 0.05) is 0 Å². The summed E-state index contributed by atoms with van der Waals surface area (Å²) in [5.74, 6) is 0.988. The second-order valence-corrected chi connectivity index (χ2v) is 7.00. The summed E-state index contributed by atoms with van der Waals surface area (Å²) in [7, 11) is 0. The molecule has 3 aromatic rings. The molecule has 12 nitrogen and oxygen atoms in total. The summed E-state index contributed by atoms with van der Waals surface area (Å²) in [6.07, 6.45) is -0.207. The average molecular weight is 441 g/mol. The summed E-state index contributed by atoms with van der Waals surface area (Å²) in [5.41, 5.74) is 10.0. The van der Waals surface area contributed by atoms with Crippen LogP contribution in [-0.4, -0.2) is 72.6 Å². The molecule has 1 aliphatic heterocycles. The van der Waals surface area contributed by atoms with Crippen LogP contribution in [0.4, 0.5) is 11.8 Å². The number of aromatic nitrogens is 4. The van der Waals surface area contributed by atoms with E-state index in [0.29, 0.717) is 12.4 Å². The average Bonchev–Trinajstić information content (AvgIpc) is 3.31. The maximum absolute atomic E-state index is 10.5. The fourth-order valence-corrected chi connectivity index (χ4v) is 3.31. The lowest BCUT2D eigenvalue weighted by Crippen LogP contribution is -2.33. The van der Waals surface area contributed by atoms with Gasteiger partial charge in [0.15, 0.2) is 23.2 Å². The van der Waals surface area contributed by atoms with Crippen molar-refractivity contribution in [3.63, 3.8) is 0 Å². The van der Waals surface area contributed by atoms with Crippen LogP contribution in [-0.2, 0) is 4.74 Å². The summed E-state index contributed by atoms with van der Waals surface area (Å²) in [4.78, 5) is 12.5. The molecule has 1 saturated heterocycles. The normalized spacial score (nSPS) is 23.1. The molecule has 32 heavy (non-hydrogen) atoms. The van der Waals surface area contributed by atoms with Gasteiger partial charge in [0.2, 0.25) is 5.95 Å². The fraction of sp³-hybridized carbons (Fsp3) is 0.300. The molecule has 6 N–H and O–H groups in total. The van der Waals surface area contributed by atoms with Crippen LogP contribution >= 0.6 is 0 Å². The van der Waals surface area contributed by atoms with Gasteiger partial charge in [0.25, 0.3) is 0 Å². The van der Waals surface area contributed by atoms with Crippen molar-refractivity contribution in [2.24, 2.45) is 5.10 Å². The lowest BCUT2D eigenvalue weighted by molar-refractivity contribution is -0.0501. The summed E-state index contributed by atoms with van der Waals surface area (Å²) in [5, 5.41) is 34.2. The van der Waals surface area contributed by atoms with Gasteiger partial charge in [-0.15, -0.1) is 0 Å². The first kappa shape index (κ1) is 21.6. The molecular weight excluding hydrogens is 418 g/mol. The number of benzene rings is 1. The second kappa shape index (κ2) is 9.28. The van der Waals surface area contributed by atoms with Crippen molar-refractivity contribution in [1.29, 1.82) is 0 Å². The van der Waals surface area contributed by atoms with Gasteiger partial charge in [-0.2, -0.15) is 5.10 Å². The van der Waals surface area contributed by atoms with Crippen LogP contribution in [0.1, 0.15) is 11.8 Å². The molecule has 2 aromatic heterocycles. The van der Waals surface area contributed by atoms with E-state index >= 15 is 0 Å². The first-order valence-electron chi connectivity index (χ1n) is 9.77. The Hall–Kier alpha value is -3.58. The molecule has 0 saturated carbocycles. The number of hydrogen-bond acceptors (Lipinski definition) is 11. The van der Waals surface area contributed by atoms with Gasteiger partial charge in [-0.05, 0) is 29.8 Å². The molecule has 3 heterocycles. The highest BCUT2D eigenvalue weighted by Gasteiger charge is 2.45.